The van der Waals surface area contributed by atoms with E-state index in [2.05, 4.69) is 14.6 Å². The first-order chi connectivity index (χ1) is 21.5. The lowest BCUT2D eigenvalue weighted by Gasteiger charge is -2.31. The molecule has 1 aromatic heterocycles. The quantitative estimate of drug-likeness (QED) is 0.142. The summed E-state index contributed by atoms with van der Waals surface area (Å²) in [4.78, 5) is 25.1. The first kappa shape index (κ1) is 35.4. The van der Waals surface area contributed by atoms with Crippen LogP contribution in [0.5, 0.6) is 5.75 Å². The van der Waals surface area contributed by atoms with Gasteiger partial charge in [-0.25, -0.2) is 13.9 Å². The molecule has 0 saturated heterocycles. The maximum atomic E-state index is 14.7. The number of alkyl halides is 10. The number of aromatic nitrogens is 2. The van der Waals surface area contributed by atoms with Crippen molar-refractivity contribution in [3.8, 4) is 28.6 Å². The molecule has 0 unspecified atom stereocenters. The summed E-state index contributed by atoms with van der Waals surface area (Å²) in [5, 5.41) is 20.7. The maximum Gasteiger partial charge on any atom is 0.573 e. The van der Waals surface area contributed by atoms with Crippen LogP contribution in [-0.2, 0) is 10.4 Å². The van der Waals surface area contributed by atoms with E-state index < -0.39 is 76.8 Å². The highest BCUT2D eigenvalue weighted by Crippen LogP contribution is 2.55. The minimum Gasteiger partial charge on any atom is -0.450 e. The van der Waals surface area contributed by atoms with E-state index in [1.165, 1.54) is 12.1 Å². The molecule has 1 fully saturated rings. The molecule has 9 nitrogen and oxygen atoms in total. The molecule has 21 heteroatoms. The number of rotatable bonds is 8. The molecule has 0 radical (unpaired) electrons. The highest BCUT2D eigenvalue weighted by atomic mass is 35.5. The molecule has 47 heavy (non-hydrogen) atoms. The zero-order valence-electron chi connectivity index (χ0n) is 22.6. The Balaban J connectivity index is 1.80. The molecular formula is C26H14Cl2F10N4O5. The number of carboxylic acid groups (broad SMARTS) is 1. The van der Waals surface area contributed by atoms with E-state index in [0.717, 1.165) is 23.4 Å². The molecule has 2 aromatic carbocycles. The molecule has 252 valence electrons. The van der Waals surface area contributed by atoms with Crippen LogP contribution in [0.1, 0.15) is 28.8 Å². The van der Waals surface area contributed by atoms with Gasteiger partial charge in [-0.3, -0.25) is 9.69 Å². The molecule has 1 heterocycles. The van der Waals surface area contributed by atoms with Gasteiger partial charge in [0.15, 0.2) is 12.5 Å². The van der Waals surface area contributed by atoms with E-state index in [9.17, 15) is 58.8 Å². The van der Waals surface area contributed by atoms with E-state index in [1.807, 2.05) is 6.07 Å². The van der Waals surface area contributed by atoms with Gasteiger partial charge in [-0.1, -0.05) is 29.3 Å². The van der Waals surface area contributed by atoms with E-state index in [4.69, 9.17) is 28.3 Å². The number of amides is 1. The molecule has 4 rings (SSSR count). The average Bonchev–Trinajstić information content (AvgIpc) is 3.58. The van der Waals surface area contributed by atoms with Crippen LogP contribution >= 0.6 is 23.2 Å². The third-order valence-corrected chi connectivity index (χ3v) is 7.40. The summed E-state index contributed by atoms with van der Waals surface area (Å²) in [6.45, 7) is -0.848. The number of hydrogen-bond acceptors (Lipinski definition) is 6. The van der Waals surface area contributed by atoms with Gasteiger partial charge in [0.25, 0.3) is 5.91 Å². The topological polar surface area (TPSA) is 118 Å². The second-order valence-corrected chi connectivity index (χ2v) is 10.6. The minimum absolute atomic E-state index is 0.0472. The zero-order chi connectivity index (χ0) is 35.3. The lowest BCUT2D eigenvalue weighted by molar-refractivity contribution is -0.348. The van der Waals surface area contributed by atoms with Crippen LogP contribution < -0.4 is 4.74 Å². The number of carbonyl (C=O) groups excluding carboxylic acids is 1. The van der Waals surface area contributed by atoms with Gasteiger partial charge in [-0.05, 0) is 42.7 Å². The van der Waals surface area contributed by atoms with Crippen molar-refractivity contribution in [3.05, 3.63) is 63.9 Å². The lowest BCUT2D eigenvalue weighted by atomic mass is 9.93. The van der Waals surface area contributed by atoms with Gasteiger partial charge in [0.05, 0.1) is 27.9 Å². The molecule has 3 aromatic rings. The number of halogens is 12. The number of hydrogen-bond donors (Lipinski definition) is 1. The van der Waals surface area contributed by atoms with Crippen LogP contribution in [0.3, 0.4) is 0 Å². The van der Waals surface area contributed by atoms with E-state index in [0.29, 0.717) is 4.68 Å². The summed E-state index contributed by atoms with van der Waals surface area (Å²) in [5.41, 5.74) is -11.2. The smallest absolute Gasteiger partial charge is 0.450 e. The van der Waals surface area contributed by atoms with Crippen molar-refractivity contribution in [1.29, 1.82) is 5.26 Å². The van der Waals surface area contributed by atoms with Crippen molar-refractivity contribution in [2.45, 2.75) is 42.8 Å². The normalized spacial score (nSPS) is 14.7. The van der Waals surface area contributed by atoms with E-state index in [-0.39, 0.29) is 40.6 Å². The number of ether oxygens (including phenoxy) is 2. The fourth-order valence-electron chi connectivity index (χ4n) is 4.35. The van der Waals surface area contributed by atoms with Crippen LogP contribution in [0.2, 0.25) is 10.0 Å². The number of nitrogens with zero attached hydrogens (tertiary/aromatic N) is 4. The molecule has 0 atom stereocenters. The van der Waals surface area contributed by atoms with Gasteiger partial charge in [-0.15, -0.1) is 13.2 Å². The molecule has 1 saturated carbocycles. The van der Waals surface area contributed by atoms with Crippen molar-refractivity contribution in [2.24, 2.45) is 0 Å². The Morgan fingerprint density at radius 2 is 1.60 bits per heavy atom. The molecule has 0 spiro atoms. The van der Waals surface area contributed by atoms with Gasteiger partial charge in [0.2, 0.25) is 0 Å². The summed E-state index contributed by atoms with van der Waals surface area (Å²) in [6, 6.07) is 4.82. The van der Waals surface area contributed by atoms with Gasteiger partial charge in [0, 0.05) is 17.3 Å². The highest BCUT2D eigenvalue weighted by molar-refractivity contribution is 6.34. The largest absolute Gasteiger partial charge is 0.573 e. The van der Waals surface area contributed by atoms with Crippen molar-refractivity contribution in [2.75, 3.05) is 6.73 Å². The van der Waals surface area contributed by atoms with Crippen LogP contribution in [0.15, 0.2) is 42.7 Å². The zero-order valence-corrected chi connectivity index (χ0v) is 24.1. The number of nitriles is 1. The van der Waals surface area contributed by atoms with Gasteiger partial charge < -0.3 is 14.6 Å². The van der Waals surface area contributed by atoms with Gasteiger partial charge in [0.1, 0.15) is 11.2 Å². The second kappa shape index (κ2) is 12.0. The second-order valence-electron chi connectivity index (χ2n) is 9.79. The van der Waals surface area contributed by atoms with Crippen LogP contribution in [0, 0.1) is 11.3 Å². The highest BCUT2D eigenvalue weighted by Gasteiger charge is 2.73. The predicted molar refractivity (Wildman–Crippen MR) is 138 cm³/mol. The van der Waals surface area contributed by atoms with Crippen molar-refractivity contribution in [1.82, 2.24) is 14.7 Å². The fourth-order valence-corrected chi connectivity index (χ4v) is 4.85. The Morgan fingerprint density at radius 1 is 0.979 bits per heavy atom. The third-order valence-electron chi connectivity index (χ3n) is 6.79. The SMILES string of the molecule is N#CC1(N(COC(=O)O)C(=O)c2cc(-c3cnn(-c4c(Cl)cc(C(F)(C(F)(F)F)C(F)(F)F)cc4OC(F)(F)F)c3)ccc2Cl)CC1. The Labute approximate surface area is 265 Å². The monoisotopic (exact) mass is 722 g/mol. The average molecular weight is 723 g/mol. The summed E-state index contributed by atoms with van der Waals surface area (Å²) < 4.78 is 143. The first-order valence-electron chi connectivity index (χ1n) is 12.4. The molecule has 0 aliphatic heterocycles. The molecule has 1 aliphatic carbocycles. The predicted octanol–water partition coefficient (Wildman–Crippen LogP) is 8.18. The van der Waals surface area contributed by atoms with E-state index >= 15 is 0 Å². The summed E-state index contributed by atoms with van der Waals surface area (Å²) >= 11 is 12.0. The molecular weight excluding hydrogens is 709 g/mol. The standard InChI is InChI=1S/C26H14Cl2F10N4O5/c27-16-2-1-12(5-15(16)20(43)41(11-46-21(44)45)22(10-39)3-4-22)13-8-40-42(9-13)19-17(28)6-14(7-18(19)47-26(36,37)38)23(29,24(30,31)32)25(33,34)35/h1-2,5-9H,3-4,11H2,(H,44,45). The number of benzene rings is 2. The fraction of sp³-hybridized carbons (Fsp3) is 0.308. The lowest BCUT2D eigenvalue weighted by Crippen LogP contribution is -2.50. The first-order valence-corrected chi connectivity index (χ1v) is 13.2. The van der Waals surface area contributed by atoms with Crippen LogP contribution in [-0.4, -0.2) is 62.8 Å². The van der Waals surface area contributed by atoms with Crippen molar-refractivity contribution in [3.63, 3.8) is 0 Å². The van der Waals surface area contributed by atoms with Gasteiger partial charge >= 0.3 is 30.5 Å². The Kier molecular flexibility index (Phi) is 9.02. The van der Waals surface area contributed by atoms with Gasteiger partial charge in [-0.2, -0.15) is 36.7 Å². The molecule has 1 N–H and O–H groups in total. The third kappa shape index (κ3) is 6.83. The molecule has 1 amide bonds. The summed E-state index contributed by atoms with van der Waals surface area (Å²) in [5.74, 6) is -2.73. The van der Waals surface area contributed by atoms with Crippen LogP contribution in [0.4, 0.5) is 48.7 Å². The molecule has 0 bridgehead atoms. The maximum absolute atomic E-state index is 14.7. The Morgan fingerprint density at radius 3 is 2.11 bits per heavy atom. The van der Waals surface area contributed by atoms with Crippen LogP contribution in [0.25, 0.3) is 16.8 Å². The number of carbonyl (C=O) groups is 2. The molecule has 1 aliphatic rings. The van der Waals surface area contributed by atoms with Crippen molar-refractivity contribution < 1.29 is 68.1 Å². The van der Waals surface area contributed by atoms with Crippen molar-refractivity contribution >= 4 is 35.3 Å². The summed E-state index contributed by atoms with van der Waals surface area (Å²) in [7, 11) is 0. The van der Waals surface area contributed by atoms with E-state index in [1.54, 1.807) is 0 Å². The Hall–Kier alpha value is -4.44. The minimum atomic E-state index is -6.68. The Bertz CT molecular complexity index is 1750. The summed E-state index contributed by atoms with van der Waals surface area (Å²) in [6.07, 6.45) is -18.6.